The molecule has 1 aromatic carbocycles. The fourth-order valence-corrected chi connectivity index (χ4v) is 2.09. The lowest BCUT2D eigenvalue weighted by molar-refractivity contribution is -0.151. The van der Waals surface area contributed by atoms with Crippen LogP contribution in [0.3, 0.4) is 0 Å². The van der Waals surface area contributed by atoms with Gasteiger partial charge in [0.15, 0.2) is 11.6 Å². The van der Waals surface area contributed by atoms with Crippen LogP contribution in [0, 0.1) is 5.82 Å². The van der Waals surface area contributed by atoms with Gasteiger partial charge in [0, 0.05) is 6.04 Å². The van der Waals surface area contributed by atoms with E-state index in [2.05, 4.69) is 5.32 Å². The third-order valence-electron chi connectivity index (χ3n) is 2.99. The molecule has 4 nitrogen and oxygen atoms in total. The van der Waals surface area contributed by atoms with Gasteiger partial charge in [0.2, 0.25) is 0 Å². The summed E-state index contributed by atoms with van der Waals surface area (Å²) in [6.45, 7) is 7.52. The normalized spacial score (nSPS) is 13.9. The lowest BCUT2D eigenvalue weighted by atomic mass is 9.91. The van der Waals surface area contributed by atoms with E-state index < -0.39 is 17.3 Å². The number of carbonyl (C=O) groups is 1. The van der Waals surface area contributed by atoms with E-state index in [0.29, 0.717) is 5.56 Å². The van der Waals surface area contributed by atoms with Crippen LogP contribution in [0.5, 0.6) is 5.75 Å². The van der Waals surface area contributed by atoms with Crippen molar-refractivity contribution in [2.24, 2.45) is 0 Å². The molecule has 1 N–H and O–H groups in total. The number of hydrogen-bond acceptors (Lipinski definition) is 4. The molecule has 0 fully saturated rings. The highest BCUT2D eigenvalue weighted by atomic mass is 19.1. The van der Waals surface area contributed by atoms with E-state index in [0.717, 1.165) is 0 Å². The Morgan fingerprint density at radius 3 is 2.55 bits per heavy atom. The fourth-order valence-electron chi connectivity index (χ4n) is 2.09. The Morgan fingerprint density at radius 1 is 1.45 bits per heavy atom. The number of ether oxygens (including phenoxy) is 2. The Bertz CT molecular complexity index is 476. The number of carbonyl (C=O) groups excluding carboxylic acids is 1. The predicted molar refractivity (Wildman–Crippen MR) is 75.2 cm³/mol. The molecule has 0 amide bonds. The summed E-state index contributed by atoms with van der Waals surface area (Å²) in [5.74, 6) is -0.797. The van der Waals surface area contributed by atoms with Gasteiger partial charge in [-0.3, -0.25) is 5.32 Å². The van der Waals surface area contributed by atoms with Crippen molar-refractivity contribution in [3.63, 3.8) is 0 Å². The Hall–Kier alpha value is -1.62. The molecule has 5 heteroatoms. The van der Waals surface area contributed by atoms with Crippen LogP contribution in [0.25, 0.3) is 0 Å². The molecule has 112 valence electrons. The number of methoxy groups -OCH3 is 1. The molecule has 0 radical (unpaired) electrons. The third-order valence-corrected chi connectivity index (χ3v) is 2.99. The van der Waals surface area contributed by atoms with Crippen molar-refractivity contribution in [2.45, 2.75) is 39.3 Å². The van der Waals surface area contributed by atoms with E-state index in [1.54, 1.807) is 19.9 Å². The van der Waals surface area contributed by atoms with Crippen molar-refractivity contribution in [1.29, 1.82) is 0 Å². The second-order valence-corrected chi connectivity index (χ2v) is 4.99. The minimum absolute atomic E-state index is 0.0366. The van der Waals surface area contributed by atoms with Crippen molar-refractivity contribution < 1.29 is 18.7 Å². The van der Waals surface area contributed by atoms with Crippen LogP contribution in [0.1, 0.15) is 33.3 Å². The van der Waals surface area contributed by atoms with Crippen LogP contribution in [-0.2, 0) is 15.1 Å². The van der Waals surface area contributed by atoms with Crippen LogP contribution in [0.15, 0.2) is 18.2 Å². The Morgan fingerprint density at radius 2 is 2.10 bits per heavy atom. The Balaban J connectivity index is 3.23. The molecule has 0 saturated heterocycles. The standard InChI is InChI=1S/C15H22FNO3/c1-6-20-14(18)15(4,17-10(2)3)11-7-8-13(19-5)12(16)9-11/h7-10,17H,6H2,1-5H3. The van der Waals surface area contributed by atoms with Crippen LogP contribution in [0.2, 0.25) is 0 Å². The fraction of sp³-hybridized carbons (Fsp3) is 0.533. The van der Waals surface area contributed by atoms with Crippen LogP contribution in [-0.4, -0.2) is 25.7 Å². The maximum Gasteiger partial charge on any atom is 0.330 e. The average molecular weight is 283 g/mol. The largest absolute Gasteiger partial charge is 0.494 e. The van der Waals surface area contributed by atoms with Crippen molar-refractivity contribution in [3.8, 4) is 5.75 Å². The monoisotopic (exact) mass is 283 g/mol. The van der Waals surface area contributed by atoms with Gasteiger partial charge in [0.1, 0.15) is 5.54 Å². The lowest BCUT2D eigenvalue weighted by Crippen LogP contribution is -2.50. The maximum absolute atomic E-state index is 13.9. The number of rotatable bonds is 6. The summed E-state index contributed by atoms with van der Waals surface area (Å²) in [6.07, 6.45) is 0. The van der Waals surface area contributed by atoms with Crippen LogP contribution >= 0.6 is 0 Å². The minimum Gasteiger partial charge on any atom is -0.494 e. The van der Waals surface area contributed by atoms with Gasteiger partial charge in [0.25, 0.3) is 0 Å². The summed E-state index contributed by atoms with van der Waals surface area (Å²) >= 11 is 0. The van der Waals surface area contributed by atoms with Crippen molar-refractivity contribution in [3.05, 3.63) is 29.6 Å². The number of esters is 1. The van der Waals surface area contributed by atoms with Gasteiger partial charge < -0.3 is 9.47 Å². The third kappa shape index (κ3) is 3.48. The summed E-state index contributed by atoms with van der Waals surface area (Å²) in [5.41, 5.74) is -0.597. The van der Waals surface area contributed by atoms with Crippen LogP contribution < -0.4 is 10.1 Å². The molecule has 0 aromatic heterocycles. The highest BCUT2D eigenvalue weighted by molar-refractivity contribution is 5.82. The first kappa shape index (κ1) is 16.4. The minimum atomic E-state index is -1.10. The maximum atomic E-state index is 13.9. The van der Waals surface area contributed by atoms with Gasteiger partial charge in [-0.2, -0.15) is 0 Å². The molecule has 0 spiro atoms. The van der Waals surface area contributed by atoms with E-state index in [4.69, 9.17) is 9.47 Å². The molecule has 0 aliphatic heterocycles. The molecule has 0 saturated carbocycles. The topological polar surface area (TPSA) is 47.6 Å². The Kier molecular flexibility index (Phi) is 5.51. The van der Waals surface area contributed by atoms with Crippen molar-refractivity contribution >= 4 is 5.97 Å². The van der Waals surface area contributed by atoms with Gasteiger partial charge in [-0.1, -0.05) is 6.07 Å². The molecule has 1 aromatic rings. The van der Waals surface area contributed by atoms with E-state index in [1.165, 1.54) is 19.2 Å². The predicted octanol–water partition coefficient (Wildman–Crippen LogP) is 2.61. The molecule has 0 heterocycles. The number of hydrogen-bond donors (Lipinski definition) is 1. The van der Waals surface area contributed by atoms with E-state index >= 15 is 0 Å². The molecule has 1 atom stereocenters. The first-order valence-corrected chi connectivity index (χ1v) is 6.64. The first-order valence-electron chi connectivity index (χ1n) is 6.64. The van der Waals surface area contributed by atoms with Gasteiger partial charge >= 0.3 is 5.97 Å². The number of nitrogens with one attached hydrogen (secondary N) is 1. The van der Waals surface area contributed by atoms with Crippen molar-refractivity contribution in [1.82, 2.24) is 5.32 Å². The quantitative estimate of drug-likeness (QED) is 0.815. The van der Waals surface area contributed by atoms with E-state index in [9.17, 15) is 9.18 Å². The molecule has 20 heavy (non-hydrogen) atoms. The summed E-state index contributed by atoms with van der Waals surface area (Å²) < 4.78 is 23.9. The zero-order valence-electron chi connectivity index (χ0n) is 12.6. The summed E-state index contributed by atoms with van der Waals surface area (Å²) in [7, 11) is 1.40. The average Bonchev–Trinajstić information content (AvgIpc) is 2.37. The molecule has 1 rings (SSSR count). The molecular weight excluding hydrogens is 261 g/mol. The van der Waals surface area contributed by atoms with Gasteiger partial charge in [-0.25, -0.2) is 9.18 Å². The zero-order chi connectivity index (χ0) is 15.3. The van der Waals surface area contributed by atoms with Crippen LogP contribution in [0.4, 0.5) is 4.39 Å². The molecule has 0 bridgehead atoms. The summed E-state index contributed by atoms with van der Waals surface area (Å²) in [6, 6.07) is 4.50. The van der Waals surface area contributed by atoms with Gasteiger partial charge in [0.05, 0.1) is 13.7 Å². The molecular formula is C15H22FNO3. The zero-order valence-corrected chi connectivity index (χ0v) is 12.6. The Labute approximate surface area is 119 Å². The van der Waals surface area contributed by atoms with E-state index in [-0.39, 0.29) is 18.4 Å². The number of halogens is 1. The first-order chi connectivity index (χ1) is 9.35. The second-order valence-electron chi connectivity index (χ2n) is 4.99. The smallest absolute Gasteiger partial charge is 0.330 e. The molecule has 0 aliphatic rings. The highest BCUT2D eigenvalue weighted by Crippen LogP contribution is 2.27. The molecule has 0 aliphatic carbocycles. The van der Waals surface area contributed by atoms with E-state index in [1.807, 2.05) is 13.8 Å². The number of benzene rings is 1. The lowest BCUT2D eigenvalue weighted by Gasteiger charge is -2.31. The summed E-state index contributed by atoms with van der Waals surface area (Å²) in [5, 5.41) is 3.14. The van der Waals surface area contributed by atoms with Gasteiger partial charge in [-0.05, 0) is 45.4 Å². The second kappa shape index (κ2) is 6.70. The van der Waals surface area contributed by atoms with Gasteiger partial charge in [-0.15, -0.1) is 0 Å². The summed E-state index contributed by atoms with van der Waals surface area (Å²) in [4.78, 5) is 12.2. The molecule has 1 unspecified atom stereocenters. The van der Waals surface area contributed by atoms with Crippen molar-refractivity contribution in [2.75, 3.05) is 13.7 Å². The SMILES string of the molecule is CCOC(=O)C(C)(NC(C)C)c1ccc(OC)c(F)c1. The highest BCUT2D eigenvalue weighted by Gasteiger charge is 2.37.